The summed E-state index contributed by atoms with van der Waals surface area (Å²) in [6, 6.07) is 9.19. The van der Waals surface area contributed by atoms with Gasteiger partial charge in [-0.2, -0.15) is 0 Å². The number of rotatable bonds is 3. The van der Waals surface area contributed by atoms with E-state index in [4.69, 9.17) is 15.9 Å². The van der Waals surface area contributed by atoms with Crippen molar-refractivity contribution in [2.75, 3.05) is 0 Å². The monoisotopic (exact) mass is 231 g/mol. The Balaban J connectivity index is 2.37. The highest BCUT2D eigenvalue weighted by atomic mass is 19.1. The predicted molar refractivity (Wildman–Crippen MR) is 61.7 cm³/mol. The van der Waals surface area contributed by atoms with E-state index in [0.717, 1.165) is 0 Å². The van der Waals surface area contributed by atoms with Crippen LogP contribution >= 0.6 is 0 Å². The van der Waals surface area contributed by atoms with Gasteiger partial charge in [0.2, 0.25) is 5.88 Å². The number of halogens is 1. The molecule has 4 nitrogen and oxygen atoms in total. The number of pyridine rings is 1. The molecule has 2 rings (SSSR count). The van der Waals surface area contributed by atoms with Gasteiger partial charge in [-0.05, 0) is 24.3 Å². The fourth-order valence-corrected chi connectivity index (χ4v) is 1.31. The highest BCUT2D eigenvalue weighted by Crippen LogP contribution is 2.24. The van der Waals surface area contributed by atoms with Crippen LogP contribution in [0.5, 0.6) is 11.6 Å². The Morgan fingerprint density at radius 3 is 2.71 bits per heavy atom. The lowest BCUT2D eigenvalue weighted by Gasteiger charge is -2.08. The summed E-state index contributed by atoms with van der Waals surface area (Å²) in [5.74, 6) is -0.504. The van der Waals surface area contributed by atoms with Crippen LogP contribution in [0.25, 0.3) is 0 Å². The number of nitrogens with two attached hydrogens (primary N) is 1. The zero-order valence-corrected chi connectivity index (χ0v) is 8.85. The van der Waals surface area contributed by atoms with Gasteiger partial charge in [-0.25, -0.2) is 9.37 Å². The molecule has 1 heterocycles. The van der Waals surface area contributed by atoms with Crippen LogP contribution in [-0.2, 0) is 0 Å². The molecule has 0 aliphatic carbocycles. The molecule has 5 heteroatoms. The first-order chi connectivity index (χ1) is 8.18. The Hall–Kier alpha value is -2.43. The van der Waals surface area contributed by atoms with Crippen LogP contribution in [0.2, 0.25) is 0 Å². The summed E-state index contributed by atoms with van der Waals surface area (Å²) >= 11 is 0. The molecule has 0 spiro atoms. The van der Waals surface area contributed by atoms with E-state index in [-0.39, 0.29) is 17.5 Å². The molecular formula is C12H10FN3O. The van der Waals surface area contributed by atoms with Gasteiger partial charge in [0, 0.05) is 6.20 Å². The number of nitrogens with zero attached hydrogens (tertiary/aromatic N) is 1. The second-order valence-corrected chi connectivity index (χ2v) is 3.30. The summed E-state index contributed by atoms with van der Waals surface area (Å²) < 4.78 is 18.7. The molecule has 0 amide bonds. The Morgan fingerprint density at radius 1 is 1.24 bits per heavy atom. The number of aromatic nitrogens is 1. The summed E-state index contributed by atoms with van der Waals surface area (Å²) in [5.41, 5.74) is 5.71. The second kappa shape index (κ2) is 4.61. The van der Waals surface area contributed by atoms with Crippen molar-refractivity contribution in [3.05, 3.63) is 54.0 Å². The fourth-order valence-electron chi connectivity index (χ4n) is 1.31. The van der Waals surface area contributed by atoms with Crippen LogP contribution < -0.4 is 10.5 Å². The predicted octanol–water partition coefficient (Wildman–Crippen LogP) is 2.30. The van der Waals surface area contributed by atoms with Crippen molar-refractivity contribution in [3.63, 3.8) is 0 Å². The van der Waals surface area contributed by atoms with Crippen molar-refractivity contribution >= 4 is 5.84 Å². The molecule has 0 aliphatic rings. The van der Waals surface area contributed by atoms with Crippen molar-refractivity contribution in [2.24, 2.45) is 5.73 Å². The molecule has 0 saturated heterocycles. The van der Waals surface area contributed by atoms with Crippen LogP contribution in [0.1, 0.15) is 5.56 Å². The number of para-hydroxylation sites is 1. The summed E-state index contributed by atoms with van der Waals surface area (Å²) in [6.07, 6.45) is 1.49. The van der Waals surface area contributed by atoms with E-state index in [2.05, 4.69) is 4.98 Å². The molecule has 17 heavy (non-hydrogen) atoms. The first kappa shape index (κ1) is 11.1. The molecular weight excluding hydrogens is 221 g/mol. The number of benzene rings is 1. The minimum absolute atomic E-state index is 0.0497. The van der Waals surface area contributed by atoms with Crippen molar-refractivity contribution in [3.8, 4) is 11.6 Å². The maximum Gasteiger partial charge on any atom is 0.230 e. The van der Waals surface area contributed by atoms with E-state index in [1.54, 1.807) is 24.3 Å². The molecule has 2 aromatic rings. The van der Waals surface area contributed by atoms with Crippen molar-refractivity contribution in [2.45, 2.75) is 0 Å². The number of nitrogen functional groups attached to an aromatic ring is 1. The van der Waals surface area contributed by atoms with Gasteiger partial charge >= 0.3 is 0 Å². The standard InChI is InChI=1S/C12H10FN3O/c13-9-5-1-2-6-10(9)17-12-8(11(14)15)4-3-7-16-12/h1-7H,(H3,14,15). The van der Waals surface area contributed by atoms with Crippen LogP contribution in [0.3, 0.4) is 0 Å². The molecule has 1 aromatic heterocycles. The lowest BCUT2D eigenvalue weighted by molar-refractivity contribution is 0.426. The molecule has 3 N–H and O–H groups in total. The number of amidine groups is 1. The van der Waals surface area contributed by atoms with Gasteiger partial charge in [0.05, 0.1) is 5.56 Å². The summed E-state index contributed by atoms with van der Waals surface area (Å²) in [4.78, 5) is 3.93. The van der Waals surface area contributed by atoms with Gasteiger partial charge < -0.3 is 10.5 Å². The fraction of sp³-hybridized carbons (Fsp3) is 0. The molecule has 0 aliphatic heterocycles. The van der Waals surface area contributed by atoms with E-state index in [1.165, 1.54) is 18.3 Å². The van der Waals surface area contributed by atoms with Crippen LogP contribution in [-0.4, -0.2) is 10.8 Å². The second-order valence-electron chi connectivity index (χ2n) is 3.30. The number of nitrogens with one attached hydrogen (secondary N) is 1. The molecule has 0 unspecified atom stereocenters. The average Bonchev–Trinajstić information content (AvgIpc) is 2.32. The largest absolute Gasteiger partial charge is 0.435 e. The number of hydrogen-bond acceptors (Lipinski definition) is 3. The minimum Gasteiger partial charge on any atom is -0.435 e. The van der Waals surface area contributed by atoms with Gasteiger partial charge in [0.15, 0.2) is 11.6 Å². The van der Waals surface area contributed by atoms with Crippen LogP contribution in [0.4, 0.5) is 4.39 Å². The summed E-state index contributed by atoms with van der Waals surface area (Å²) in [7, 11) is 0. The molecule has 0 radical (unpaired) electrons. The molecule has 0 fully saturated rings. The molecule has 0 bridgehead atoms. The van der Waals surface area contributed by atoms with E-state index in [1.807, 2.05) is 0 Å². The van der Waals surface area contributed by atoms with Crippen LogP contribution in [0, 0.1) is 11.2 Å². The third-order valence-corrected chi connectivity index (χ3v) is 2.10. The molecule has 86 valence electrons. The average molecular weight is 231 g/mol. The summed E-state index contributed by atoms with van der Waals surface area (Å²) in [6.45, 7) is 0. The highest BCUT2D eigenvalue weighted by molar-refractivity contribution is 5.97. The third kappa shape index (κ3) is 2.39. The first-order valence-corrected chi connectivity index (χ1v) is 4.90. The molecule has 1 aromatic carbocycles. The Labute approximate surface area is 97.4 Å². The third-order valence-electron chi connectivity index (χ3n) is 2.10. The lowest BCUT2D eigenvalue weighted by Crippen LogP contribution is -2.13. The van der Waals surface area contributed by atoms with Gasteiger partial charge in [0.25, 0.3) is 0 Å². The van der Waals surface area contributed by atoms with Gasteiger partial charge in [-0.1, -0.05) is 12.1 Å². The zero-order chi connectivity index (χ0) is 12.3. The maximum atomic E-state index is 13.4. The zero-order valence-electron chi connectivity index (χ0n) is 8.85. The Bertz CT molecular complexity index is 557. The van der Waals surface area contributed by atoms with Crippen molar-refractivity contribution in [1.29, 1.82) is 5.41 Å². The normalized spacial score (nSPS) is 9.94. The lowest BCUT2D eigenvalue weighted by atomic mass is 10.2. The molecule has 0 saturated carbocycles. The van der Waals surface area contributed by atoms with Gasteiger partial charge in [0.1, 0.15) is 5.84 Å². The quantitative estimate of drug-likeness (QED) is 0.628. The van der Waals surface area contributed by atoms with Crippen LogP contribution in [0.15, 0.2) is 42.6 Å². The Morgan fingerprint density at radius 2 is 2.00 bits per heavy atom. The van der Waals surface area contributed by atoms with Gasteiger partial charge in [-0.3, -0.25) is 5.41 Å². The van der Waals surface area contributed by atoms with E-state index >= 15 is 0 Å². The first-order valence-electron chi connectivity index (χ1n) is 4.90. The number of ether oxygens (including phenoxy) is 1. The van der Waals surface area contributed by atoms with Crippen molar-refractivity contribution < 1.29 is 9.13 Å². The Kier molecular flexibility index (Phi) is 3.00. The van der Waals surface area contributed by atoms with E-state index in [9.17, 15) is 4.39 Å². The van der Waals surface area contributed by atoms with E-state index in [0.29, 0.717) is 5.56 Å². The van der Waals surface area contributed by atoms with E-state index < -0.39 is 5.82 Å². The van der Waals surface area contributed by atoms with Gasteiger partial charge in [-0.15, -0.1) is 0 Å². The number of hydrogen-bond donors (Lipinski definition) is 2. The smallest absolute Gasteiger partial charge is 0.230 e. The topological polar surface area (TPSA) is 72.0 Å². The summed E-state index contributed by atoms with van der Waals surface area (Å²) in [5, 5.41) is 7.36. The molecule has 0 atom stereocenters. The minimum atomic E-state index is -0.493. The maximum absolute atomic E-state index is 13.4. The highest BCUT2D eigenvalue weighted by Gasteiger charge is 2.10. The SMILES string of the molecule is N=C(N)c1cccnc1Oc1ccccc1F. The van der Waals surface area contributed by atoms with Crippen molar-refractivity contribution in [1.82, 2.24) is 4.98 Å².